The largest absolute Gasteiger partial charge is 0.508 e. The van der Waals surface area contributed by atoms with Crippen LogP contribution >= 0.6 is 0 Å². The van der Waals surface area contributed by atoms with Crippen LogP contribution in [0.2, 0.25) is 0 Å². The summed E-state index contributed by atoms with van der Waals surface area (Å²) in [4.78, 5) is 2.67. The Kier molecular flexibility index (Phi) is 5.91. The summed E-state index contributed by atoms with van der Waals surface area (Å²) < 4.78 is 0. The Morgan fingerprint density at radius 3 is 2.59 bits per heavy atom. The topological polar surface area (TPSA) is 23.5 Å². The van der Waals surface area contributed by atoms with E-state index in [2.05, 4.69) is 38.7 Å². The van der Waals surface area contributed by atoms with Crippen molar-refractivity contribution < 1.29 is 5.11 Å². The van der Waals surface area contributed by atoms with Gasteiger partial charge < -0.3 is 10.0 Å². The molecule has 22 heavy (non-hydrogen) atoms. The molecule has 0 saturated carbocycles. The fourth-order valence-corrected chi connectivity index (χ4v) is 4.59. The number of hydrogen-bond acceptors (Lipinski definition) is 2. The van der Waals surface area contributed by atoms with Crippen LogP contribution in [0.1, 0.15) is 65.4 Å². The molecule has 1 aliphatic heterocycles. The van der Waals surface area contributed by atoms with Crippen LogP contribution in [0.4, 0.5) is 0 Å². The summed E-state index contributed by atoms with van der Waals surface area (Å²) in [5.41, 5.74) is 1.57. The van der Waals surface area contributed by atoms with Gasteiger partial charge in [0.1, 0.15) is 5.75 Å². The van der Waals surface area contributed by atoms with Crippen LogP contribution in [0.3, 0.4) is 0 Å². The molecule has 0 bridgehead atoms. The van der Waals surface area contributed by atoms with Crippen molar-refractivity contribution in [3.8, 4) is 5.75 Å². The maximum atomic E-state index is 9.97. The Bertz CT molecular complexity index is 473. The first kappa shape index (κ1) is 17.3. The first-order valence-electron chi connectivity index (χ1n) is 9.10. The van der Waals surface area contributed by atoms with Crippen LogP contribution in [-0.4, -0.2) is 29.1 Å². The lowest BCUT2D eigenvalue weighted by atomic mass is 9.62. The molecule has 1 heterocycles. The average Bonchev–Trinajstić information content (AvgIpc) is 2.50. The number of phenolic OH excluding ortho intramolecular Hbond substituents is 1. The van der Waals surface area contributed by atoms with Gasteiger partial charge in [-0.1, -0.05) is 52.7 Å². The monoisotopic (exact) mass is 303 g/mol. The van der Waals surface area contributed by atoms with E-state index in [0.29, 0.717) is 17.7 Å². The van der Waals surface area contributed by atoms with Gasteiger partial charge in [-0.2, -0.15) is 0 Å². The van der Waals surface area contributed by atoms with Crippen molar-refractivity contribution >= 4 is 0 Å². The Labute approximate surface area is 136 Å². The van der Waals surface area contributed by atoms with E-state index in [4.69, 9.17) is 0 Å². The molecular formula is C20H33NO. The molecule has 0 amide bonds. The molecule has 0 spiro atoms. The number of aromatic hydroxyl groups is 1. The van der Waals surface area contributed by atoms with Crippen LogP contribution in [-0.2, 0) is 5.41 Å². The van der Waals surface area contributed by atoms with Gasteiger partial charge in [-0.05, 0) is 49.4 Å². The van der Waals surface area contributed by atoms with Crippen LogP contribution in [0.25, 0.3) is 0 Å². The molecule has 1 aromatic carbocycles. The zero-order valence-corrected chi connectivity index (χ0v) is 14.8. The van der Waals surface area contributed by atoms with Gasteiger partial charge in [0, 0.05) is 18.0 Å². The number of rotatable bonds is 6. The summed E-state index contributed by atoms with van der Waals surface area (Å²) in [6, 6.07) is 8.72. The summed E-state index contributed by atoms with van der Waals surface area (Å²) in [6.07, 6.45) is 6.18. The lowest BCUT2D eigenvalue weighted by Crippen LogP contribution is -2.53. The minimum atomic E-state index is 0.221. The van der Waals surface area contributed by atoms with E-state index in [1.54, 1.807) is 6.07 Å². The van der Waals surface area contributed by atoms with Crippen molar-refractivity contribution in [2.24, 2.45) is 5.92 Å². The summed E-state index contributed by atoms with van der Waals surface area (Å²) in [5.74, 6) is 1.03. The number of likely N-dealkylation sites (tertiary alicyclic amines) is 1. The molecule has 3 atom stereocenters. The minimum absolute atomic E-state index is 0.221. The second kappa shape index (κ2) is 7.50. The fraction of sp³-hybridized carbons (Fsp3) is 0.700. The van der Waals surface area contributed by atoms with Crippen LogP contribution in [0, 0.1) is 5.92 Å². The third-order valence-corrected chi connectivity index (χ3v) is 5.71. The third kappa shape index (κ3) is 3.32. The quantitative estimate of drug-likeness (QED) is 0.803. The lowest BCUT2D eigenvalue weighted by molar-refractivity contribution is 0.0401. The molecule has 124 valence electrons. The molecule has 2 nitrogen and oxygen atoms in total. The van der Waals surface area contributed by atoms with Crippen LogP contribution in [0.15, 0.2) is 24.3 Å². The van der Waals surface area contributed by atoms with Crippen LogP contribution < -0.4 is 0 Å². The molecule has 1 fully saturated rings. The summed E-state index contributed by atoms with van der Waals surface area (Å²) in [7, 11) is 0. The standard InChI is InChI=1S/C20H33NO/c1-5-9-18-14-20(12-6-2,16(4)15-21(18)7-3)17-10-8-11-19(22)13-17/h8,10-11,13,16,18,22H,5-7,9,12,14-15H2,1-4H3. The van der Waals surface area contributed by atoms with Gasteiger partial charge in [0.25, 0.3) is 0 Å². The second-order valence-corrected chi connectivity index (χ2v) is 7.09. The van der Waals surface area contributed by atoms with Gasteiger partial charge in [0.2, 0.25) is 0 Å². The number of hydrogen-bond donors (Lipinski definition) is 1. The summed E-state index contributed by atoms with van der Waals surface area (Å²) in [6.45, 7) is 11.6. The normalized spacial score (nSPS) is 29.6. The highest BCUT2D eigenvalue weighted by molar-refractivity contribution is 5.34. The molecule has 0 aromatic heterocycles. The highest BCUT2D eigenvalue weighted by Crippen LogP contribution is 2.46. The SMILES string of the molecule is CCCC1CC(CCC)(c2cccc(O)c2)C(C)CN1CC. The number of benzene rings is 1. The first-order valence-corrected chi connectivity index (χ1v) is 9.10. The second-order valence-electron chi connectivity index (χ2n) is 7.09. The molecule has 3 unspecified atom stereocenters. The number of nitrogens with zero attached hydrogens (tertiary/aromatic N) is 1. The Hall–Kier alpha value is -1.02. The van der Waals surface area contributed by atoms with E-state index >= 15 is 0 Å². The Morgan fingerprint density at radius 2 is 2.00 bits per heavy atom. The summed E-state index contributed by atoms with van der Waals surface area (Å²) in [5, 5.41) is 9.97. The van der Waals surface area contributed by atoms with E-state index in [9.17, 15) is 5.11 Å². The van der Waals surface area contributed by atoms with E-state index < -0.39 is 0 Å². The van der Waals surface area contributed by atoms with Gasteiger partial charge in [0.15, 0.2) is 0 Å². The van der Waals surface area contributed by atoms with Crippen molar-refractivity contribution in [3.63, 3.8) is 0 Å². The zero-order valence-electron chi connectivity index (χ0n) is 14.8. The maximum Gasteiger partial charge on any atom is 0.115 e. The number of piperidine rings is 1. The highest BCUT2D eigenvalue weighted by atomic mass is 16.3. The van der Waals surface area contributed by atoms with Gasteiger partial charge in [-0.3, -0.25) is 0 Å². The smallest absolute Gasteiger partial charge is 0.115 e. The van der Waals surface area contributed by atoms with E-state index in [0.717, 1.165) is 6.54 Å². The van der Waals surface area contributed by atoms with Crippen molar-refractivity contribution in [3.05, 3.63) is 29.8 Å². The van der Waals surface area contributed by atoms with Gasteiger partial charge in [-0.15, -0.1) is 0 Å². The molecule has 1 saturated heterocycles. The molecular weight excluding hydrogens is 270 g/mol. The van der Waals surface area contributed by atoms with Crippen molar-refractivity contribution in [1.82, 2.24) is 4.90 Å². The van der Waals surface area contributed by atoms with E-state index in [1.807, 2.05) is 12.1 Å². The van der Waals surface area contributed by atoms with Crippen molar-refractivity contribution in [2.75, 3.05) is 13.1 Å². The van der Waals surface area contributed by atoms with Gasteiger partial charge >= 0.3 is 0 Å². The lowest BCUT2D eigenvalue weighted by Gasteiger charge is -2.51. The van der Waals surface area contributed by atoms with E-state index in [1.165, 1.54) is 44.2 Å². The first-order chi connectivity index (χ1) is 10.6. The van der Waals surface area contributed by atoms with Crippen molar-refractivity contribution in [2.45, 2.75) is 71.3 Å². The molecule has 2 rings (SSSR count). The van der Waals surface area contributed by atoms with Crippen molar-refractivity contribution in [1.29, 1.82) is 0 Å². The predicted molar refractivity (Wildman–Crippen MR) is 94.4 cm³/mol. The zero-order chi connectivity index (χ0) is 16.2. The molecule has 1 aliphatic rings. The third-order valence-electron chi connectivity index (χ3n) is 5.71. The van der Waals surface area contributed by atoms with Crippen LogP contribution in [0.5, 0.6) is 5.75 Å². The number of phenols is 1. The molecule has 1 N–H and O–H groups in total. The molecule has 0 radical (unpaired) electrons. The predicted octanol–water partition coefficient (Wildman–Crippen LogP) is 4.96. The fourth-order valence-electron chi connectivity index (χ4n) is 4.59. The molecule has 1 aromatic rings. The summed E-state index contributed by atoms with van der Waals surface area (Å²) >= 11 is 0. The Balaban J connectivity index is 2.39. The minimum Gasteiger partial charge on any atom is -0.508 e. The Morgan fingerprint density at radius 1 is 1.23 bits per heavy atom. The average molecular weight is 303 g/mol. The highest BCUT2D eigenvalue weighted by Gasteiger charge is 2.44. The van der Waals surface area contributed by atoms with E-state index in [-0.39, 0.29) is 5.41 Å². The molecule has 0 aliphatic carbocycles. The molecule has 2 heteroatoms. The maximum absolute atomic E-state index is 9.97. The van der Waals surface area contributed by atoms with Gasteiger partial charge in [0.05, 0.1) is 0 Å². The van der Waals surface area contributed by atoms with Gasteiger partial charge in [-0.25, -0.2) is 0 Å².